The van der Waals surface area contributed by atoms with Gasteiger partial charge >= 0.3 is 6.18 Å². The maximum Gasteiger partial charge on any atom is 0.425 e. The molecule has 0 amide bonds. The number of alkyl halides is 6. The Bertz CT molecular complexity index is 129. The van der Waals surface area contributed by atoms with E-state index in [4.69, 9.17) is 5.11 Å². The van der Waals surface area contributed by atoms with E-state index < -0.39 is 24.9 Å². The fourth-order valence-electron chi connectivity index (χ4n) is 0.319. The quantitative estimate of drug-likeness (QED) is 0.642. The summed E-state index contributed by atoms with van der Waals surface area (Å²) >= 11 is 0. The lowest BCUT2D eigenvalue weighted by Gasteiger charge is -2.21. The van der Waals surface area contributed by atoms with Crippen molar-refractivity contribution >= 4 is 0 Å². The smallest absolute Gasteiger partial charge is 0.357 e. The van der Waals surface area contributed by atoms with Crippen LogP contribution in [-0.2, 0) is 0 Å². The van der Waals surface area contributed by atoms with Crippen molar-refractivity contribution in [2.24, 2.45) is 0 Å². The second-order valence-electron chi connectivity index (χ2n) is 1.86. The summed E-state index contributed by atoms with van der Waals surface area (Å²) in [5.41, 5.74) is 0. The highest BCUT2D eigenvalue weighted by Crippen LogP contribution is 2.32. The minimum absolute atomic E-state index is 2.44. The van der Waals surface area contributed by atoms with Gasteiger partial charge in [-0.15, -0.1) is 0 Å². The number of hydrogen-bond acceptors (Lipinski definition) is 1. The van der Waals surface area contributed by atoms with Gasteiger partial charge < -0.3 is 5.11 Å². The summed E-state index contributed by atoms with van der Waals surface area (Å²) in [5.74, 6) is -4.47. The Hall–Kier alpha value is -0.460. The summed E-state index contributed by atoms with van der Waals surface area (Å²) in [4.78, 5) is 0. The van der Waals surface area contributed by atoms with Gasteiger partial charge in [-0.1, -0.05) is 0 Å². The van der Waals surface area contributed by atoms with Gasteiger partial charge in [0.15, 0.2) is 6.67 Å². The average Bonchev–Trinajstić information content (AvgIpc) is 1.84. The highest BCUT2D eigenvalue weighted by molar-refractivity contribution is 4.81. The molecule has 68 valence electrons. The van der Waals surface area contributed by atoms with E-state index in [1.165, 1.54) is 0 Å². The Morgan fingerprint density at radius 3 is 1.64 bits per heavy atom. The third-order valence-corrected chi connectivity index (χ3v) is 0.863. The molecule has 0 heterocycles. The molecule has 0 saturated heterocycles. The second-order valence-corrected chi connectivity index (χ2v) is 1.86. The molecular weight excluding hydrogens is 178 g/mol. The van der Waals surface area contributed by atoms with E-state index in [2.05, 4.69) is 0 Å². The zero-order valence-electron chi connectivity index (χ0n) is 5.00. The fourth-order valence-corrected chi connectivity index (χ4v) is 0.319. The molecule has 0 bridgehead atoms. The van der Waals surface area contributed by atoms with Crippen LogP contribution in [0, 0.1) is 0 Å². The van der Waals surface area contributed by atoms with E-state index in [0.717, 1.165) is 0 Å². The van der Waals surface area contributed by atoms with Gasteiger partial charge in [-0.05, 0) is 0 Å². The van der Waals surface area contributed by atoms with Gasteiger partial charge in [0.05, 0.1) is 0 Å². The first kappa shape index (κ1) is 10.5. The molecule has 2 unspecified atom stereocenters. The van der Waals surface area contributed by atoms with Crippen molar-refractivity contribution < 1.29 is 31.4 Å². The summed E-state index contributed by atoms with van der Waals surface area (Å²) < 4.78 is 68.2. The van der Waals surface area contributed by atoms with Gasteiger partial charge in [0.2, 0.25) is 0 Å². The van der Waals surface area contributed by atoms with Gasteiger partial charge in [0.25, 0.3) is 12.0 Å². The first-order valence-corrected chi connectivity index (χ1v) is 2.40. The summed E-state index contributed by atoms with van der Waals surface area (Å²) in [6.45, 7) is -2.44. The highest BCUT2D eigenvalue weighted by atomic mass is 19.4. The van der Waals surface area contributed by atoms with Crippen LogP contribution < -0.4 is 0 Å². The van der Waals surface area contributed by atoms with E-state index in [1.807, 2.05) is 0 Å². The normalized spacial score (nSPS) is 21.0. The van der Waals surface area contributed by atoms with Crippen LogP contribution in [0.15, 0.2) is 0 Å². The first-order chi connectivity index (χ1) is 4.72. The maximum absolute atomic E-state index is 11.8. The fraction of sp³-hybridized carbons (Fsp3) is 1.00. The molecular formula is C4H4F6O. The standard InChI is InChI=1S/C4H4F6O/c5-1-3(7,11)2(6)4(8,9)10/h2,11H,1H2. The first-order valence-electron chi connectivity index (χ1n) is 2.40. The minimum atomic E-state index is -5.59. The average molecular weight is 182 g/mol. The summed E-state index contributed by atoms with van der Waals surface area (Å²) in [6.07, 6.45) is -9.80. The Labute approximate surface area is 57.6 Å². The van der Waals surface area contributed by atoms with Crippen LogP contribution in [-0.4, -0.2) is 30.0 Å². The van der Waals surface area contributed by atoms with Crippen LogP contribution in [0.3, 0.4) is 0 Å². The lowest BCUT2D eigenvalue weighted by molar-refractivity contribution is -0.270. The van der Waals surface area contributed by atoms with Gasteiger partial charge in [0.1, 0.15) is 0 Å². The Balaban J connectivity index is 4.35. The molecule has 0 aromatic rings. The van der Waals surface area contributed by atoms with E-state index in [9.17, 15) is 26.3 Å². The molecule has 0 spiro atoms. The Morgan fingerprint density at radius 2 is 1.55 bits per heavy atom. The SMILES string of the molecule is OC(F)(CF)C(F)C(F)(F)F. The van der Waals surface area contributed by atoms with Crippen LogP contribution in [0.2, 0.25) is 0 Å². The number of hydrogen-bond donors (Lipinski definition) is 1. The Morgan fingerprint density at radius 1 is 1.18 bits per heavy atom. The topological polar surface area (TPSA) is 20.2 Å². The van der Waals surface area contributed by atoms with Crippen molar-refractivity contribution in [2.75, 3.05) is 6.67 Å². The molecule has 1 nitrogen and oxygen atoms in total. The van der Waals surface area contributed by atoms with Gasteiger partial charge in [-0.2, -0.15) is 13.2 Å². The summed E-state index contributed by atoms with van der Waals surface area (Å²) in [5, 5.41) is 7.79. The highest BCUT2D eigenvalue weighted by Gasteiger charge is 2.55. The zero-order chi connectivity index (χ0) is 9.28. The molecule has 11 heavy (non-hydrogen) atoms. The predicted molar refractivity (Wildman–Crippen MR) is 23.0 cm³/mol. The van der Waals surface area contributed by atoms with Crippen LogP contribution in [0.1, 0.15) is 0 Å². The lowest BCUT2D eigenvalue weighted by Crippen LogP contribution is -2.46. The van der Waals surface area contributed by atoms with E-state index in [-0.39, 0.29) is 0 Å². The van der Waals surface area contributed by atoms with Crippen molar-refractivity contribution in [3.63, 3.8) is 0 Å². The van der Waals surface area contributed by atoms with Crippen molar-refractivity contribution in [3.05, 3.63) is 0 Å². The zero-order valence-corrected chi connectivity index (χ0v) is 5.00. The van der Waals surface area contributed by atoms with Gasteiger partial charge in [-0.25, -0.2) is 13.2 Å². The number of rotatable bonds is 2. The number of aliphatic hydroxyl groups is 1. The Kier molecular flexibility index (Phi) is 2.76. The molecule has 0 aromatic heterocycles. The van der Waals surface area contributed by atoms with Crippen LogP contribution in [0.5, 0.6) is 0 Å². The molecule has 0 saturated carbocycles. The van der Waals surface area contributed by atoms with E-state index in [1.54, 1.807) is 0 Å². The molecule has 0 aliphatic heterocycles. The van der Waals surface area contributed by atoms with Crippen LogP contribution >= 0.6 is 0 Å². The van der Waals surface area contributed by atoms with Crippen LogP contribution in [0.4, 0.5) is 26.3 Å². The predicted octanol–water partition coefficient (Wildman–Crippen LogP) is 1.51. The molecule has 0 fully saturated rings. The molecule has 2 atom stereocenters. The summed E-state index contributed by atoms with van der Waals surface area (Å²) in [7, 11) is 0. The number of halogens is 6. The van der Waals surface area contributed by atoms with Crippen molar-refractivity contribution in [1.82, 2.24) is 0 Å². The third-order valence-electron chi connectivity index (χ3n) is 0.863. The van der Waals surface area contributed by atoms with E-state index in [0.29, 0.717) is 0 Å². The monoisotopic (exact) mass is 182 g/mol. The van der Waals surface area contributed by atoms with E-state index >= 15 is 0 Å². The van der Waals surface area contributed by atoms with Crippen molar-refractivity contribution in [2.45, 2.75) is 18.2 Å². The summed E-state index contributed by atoms with van der Waals surface area (Å²) in [6, 6.07) is 0. The largest absolute Gasteiger partial charge is 0.425 e. The minimum Gasteiger partial charge on any atom is -0.357 e. The molecule has 1 N–H and O–H groups in total. The maximum atomic E-state index is 11.8. The lowest BCUT2D eigenvalue weighted by atomic mass is 10.2. The van der Waals surface area contributed by atoms with Crippen LogP contribution in [0.25, 0.3) is 0 Å². The second kappa shape index (κ2) is 2.88. The molecule has 7 heteroatoms. The van der Waals surface area contributed by atoms with Crippen molar-refractivity contribution in [3.8, 4) is 0 Å². The molecule has 0 aromatic carbocycles. The van der Waals surface area contributed by atoms with Gasteiger partial charge in [0, 0.05) is 0 Å². The molecule has 0 aliphatic rings. The molecule has 0 rings (SSSR count). The van der Waals surface area contributed by atoms with Gasteiger partial charge in [-0.3, -0.25) is 0 Å². The third kappa shape index (κ3) is 2.57. The molecule has 0 radical (unpaired) electrons. The molecule has 0 aliphatic carbocycles. The van der Waals surface area contributed by atoms with Crippen molar-refractivity contribution in [1.29, 1.82) is 0 Å².